The molecule has 0 unspecified atom stereocenters. The Bertz CT molecular complexity index is 217. The van der Waals surface area contributed by atoms with Gasteiger partial charge in [-0.25, -0.2) is 0 Å². The van der Waals surface area contributed by atoms with E-state index in [9.17, 15) is 0 Å². The topological polar surface area (TPSA) is 44.9 Å². The van der Waals surface area contributed by atoms with Crippen LogP contribution in [-0.4, -0.2) is 55.0 Å². The number of nitrogens with two attached hydrogens (primary N) is 1. The molecule has 4 heteroatoms. The van der Waals surface area contributed by atoms with Crippen LogP contribution in [0.4, 0.5) is 0 Å². The third kappa shape index (κ3) is 5.39. The number of guanidine groups is 1. The van der Waals surface area contributed by atoms with E-state index in [2.05, 4.69) is 28.6 Å². The van der Waals surface area contributed by atoms with Crippen molar-refractivity contribution in [3.05, 3.63) is 0 Å². The Morgan fingerprint density at radius 3 is 2.41 bits per heavy atom. The van der Waals surface area contributed by atoms with Crippen molar-refractivity contribution in [2.24, 2.45) is 10.7 Å². The standard InChI is InChI=1S/C13H28N4/c1-3-17(4-2)13(14)15-9-5-6-10-16-11-7-8-12-16/h3-12H2,1-2H3,(H2,14,15). The SMILES string of the molecule is CCN(CC)C(N)=NCCCCN1CCCC1. The summed E-state index contributed by atoms with van der Waals surface area (Å²) in [5, 5.41) is 0. The maximum atomic E-state index is 5.91. The summed E-state index contributed by atoms with van der Waals surface area (Å²) in [5.41, 5.74) is 5.91. The van der Waals surface area contributed by atoms with Gasteiger partial charge in [-0.1, -0.05) is 0 Å². The molecule has 1 heterocycles. The average Bonchev–Trinajstić information content (AvgIpc) is 2.83. The van der Waals surface area contributed by atoms with Crippen molar-refractivity contribution >= 4 is 5.96 Å². The molecule has 0 saturated carbocycles. The van der Waals surface area contributed by atoms with Gasteiger partial charge in [0.1, 0.15) is 0 Å². The highest BCUT2D eigenvalue weighted by Gasteiger charge is 2.09. The highest BCUT2D eigenvalue weighted by molar-refractivity contribution is 5.77. The van der Waals surface area contributed by atoms with Crippen LogP contribution in [-0.2, 0) is 0 Å². The fraction of sp³-hybridized carbons (Fsp3) is 0.923. The Morgan fingerprint density at radius 2 is 1.82 bits per heavy atom. The molecule has 0 aromatic rings. The fourth-order valence-electron chi connectivity index (χ4n) is 2.29. The Hall–Kier alpha value is -0.770. The minimum Gasteiger partial charge on any atom is -0.370 e. The average molecular weight is 240 g/mol. The molecule has 0 radical (unpaired) electrons. The first kappa shape index (κ1) is 14.3. The predicted octanol–water partition coefficient (Wildman–Crippen LogP) is 1.52. The van der Waals surface area contributed by atoms with Gasteiger partial charge < -0.3 is 15.5 Å². The molecule has 0 aromatic carbocycles. The molecule has 1 rings (SSSR count). The van der Waals surface area contributed by atoms with Crippen LogP contribution in [0.25, 0.3) is 0 Å². The minimum atomic E-state index is 0.705. The molecule has 1 aliphatic rings. The van der Waals surface area contributed by atoms with Crippen LogP contribution in [0.5, 0.6) is 0 Å². The van der Waals surface area contributed by atoms with Crippen molar-refractivity contribution in [2.45, 2.75) is 39.5 Å². The number of aliphatic imine (C=N–C) groups is 1. The van der Waals surface area contributed by atoms with Gasteiger partial charge in [-0.05, 0) is 59.2 Å². The zero-order valence-electron chi connectivity index (χ0n) is 11.5. The molecule has 17 heavy (non-hydrogen) atoms. The largest absolute Gasteiger partial charge is 0.370 e. The van der Waals surface area contributed by atoms with Gasteiger partial charge in [-0.3, -0.25) is 4.99 Å². The lowest BCUT2D eigenvalue weighted by molar-refractivity contribution is 0.331. The summed E-state index contributed by atoms with van der Waals surface area (Å²) in [6, 6.07) is 0. The van der Waals surface area contributed by atoms with E-state index in [0.29, 0.717) is 5.96 Å². The second kappa shape index (κ2) is 8.34. The summed E-state index contributed by atoms with van der Waals surface area (Å²) in [6.45, 7) is 10.8. The molecular weight excluding hydrogens is 212 g/mol. The highest BCUT2D eigenvalue weighted by atomic mass is 15.2. The van der Waals surface area contributed by atoms with Crippen molar-refractivity contribution in [3.63, 3.8) is 0 Å². The summed E-state index contributed by atoms with van der Waals surface area (Å²) >= 11 is 0. The molecule has 0 aromatic heterocycles. The molecule has 0 bridgehead atoms. The van der Waals surface area contributed by atoms with E-state index >= 15 is 0 Å². The number of unbranched alkanes of at least 4 members (excludes halogenated alkanes) is 1. The summed E-state index contributed by atoms with van der Waals surface area (Å²) in [5.74, 6) is 0.705. The number of hydrogen-bond acceptors (Lipinski definition) is 2. The lowest BCUT2D eigenvalue weighted by atomic mass is 10.3. The Morgan fingerprint density at radius 1 is 1.18 bits per heavy atom. The van der Waals surface area contributed by atoms with Gasteiger partial charge in [-0.2, -0.15) is 0 Å². The molecule has 100 valence electrons. The number of likely N-dealkylation sites (tertiary alicyclic amines) is 1. The first-order valence-electron chi connectivity index (χ1n) is 7.05. The summed E-state index contributed by atoms with van der Waals surface area (Å²) in [4.78, 5) is 9.08. The van der Waals surface area contributed by atoms with Crippen molar-refractivity contribution in [1.82, 2.24) is 9.80 Å². The lowest BCUT2D eigenvalue weighted by Crippen LogP contribution is -2.37. The molecule has 0 aliphatic carbocycles. The van der Waals surface area contributed by atoms with Crippen molar-refractivity contribution in [1.29, 1.82) is 0 Å². The minimum absolute atomic E-state index is 0.705. The molecule has 1 aliphatic heterocycles. The summed E-state index contributed by atoms with van der Waals surface area (Å²) in [7, 11) is 0. The van der Waals surface area contributed by atoms with E-state index in [1.54, 1.807) is 0 Å². The van der Waals surface area contributed by atoms with Crippen LogP contribution in [0.3, 0.4) is 0 Å². The number of hydrogen-bond donors (Lipinski definition) is 1. The van der Waals surface area contributed by atoms with Crippen molar-refractivity contribution in [3.8, 4) is 0 Å². The van der Waals surface area contributed by atoms with Gasteiger partial charge in [0.2, 0.25) is 0 Å². The van der Waals surface area contributed by atoms with E-state index in [-0.39, 0.29) is 0 Å². The first-order chi connectivity index (χ1) is 8.27. The van der Waals surface area contributed by atoms with E-state index in [0.717, 1.165) is 26.1 Å². The van der Waals surface area contributed by atoms with Crippen LogP contribution in [0.15, 0.2) is 4.99 Å². The van der Waals surface area contributed by atoms with Gasteiger partial charge in [0, 0.05) is 19.6 Å². The molecule has 1 fully saturated rings. The quantitative estimate of drug-likeness (QED) is 0.417. The Balaban J connectivity index is 2.07. The van der Waals surface area contributed by atoms with Gasteiger partial charge in [-0.15, -0.1) is 0 Å². The predicted molar refractivity (Wildman–Crippen MR) is 74.3 cm³/mol. The Labute approximate surface area is 106 Å². The van der Waals surface area contributed by atoms with E-state index < -0.39 is 0 Å². The molecule has 2 N–H and O–H groups in total. The normalized spacial score (nSPS) is 17.6. The second-order valence-corrected chi connectivity index (χ2v) is 4.67. The third-order valence-electron chi connectivity index (χ3n) is 3.44. The molecule has 0 spiro atoms. The molecule has 4 nitrogen and oxygen atoms in total. The number of rotatable bonds is 7. The maximum Gasteiger partial charge on any atom is 0.191 e. The second-order valence-electron chi connectivity index (χ2n) is 4.67. The van der Waals surface area contributed by atoms with Crippen LogP contribution in [0.2, 0.25) is 0 Å². The lowest BCUT2D eigenvalue weighted by Gasteiger charge is -2.19. The zero-order chi connectivity index (χ0) is 12.5. The molecule has 0 atom stereocenters. The zero-order valence-corrected chi connectivity index (χ0v) is 11.5. The van der Waals surface area contributed by atoms with E-state index in [1.807, 2.05) is 0 Å². The fourth-order valence-corrected chi connectivity index (χ4v) is 2.29. The van der Waals surface area contributed by atoms with E-state index in [4.69, 9.17) is 5.73 Å². The maximum absolute atomic E-state index is 5.91. The summed E-state index contributed by atoms with van der Waals surface area (Å²) < 4.78 is 0. The third-order valence-corrected chi connectivity index (χ3v) is 3.44. The van der Waals surface area contributed by atoms with Crippen LogP contribution in [0, 0.1) is 0 Å². The van der Waals surface area contributed by atoms with E-state index in [1.165, 1.54) is 38.9 Å². The van der Waals surface area contributed by atoms with Gasteiger partial charge >= 0.3 is 0 Å². The van der Waals surface area contributed by atoms with Gasteiger partial charge in [0.05, 0.1) is 0 Å². The number of nitrogens with zero attached hydrogens (tertiary/aromatic N) is 3. The van der Waals surface area contributed by atoms with Crippen LogP contribution in [0.1, 0.15) is 39.5 Å². The smallest absolute Gasteiger partial charge is 0.191 e. The highest BCUT2D eigenvalue weighted by Crippen LogP contribution is 2.08. The van der Waals surface area contributed by atoms with Crippen LogP contribution >= 0.6 is 0 Å². The van der Waals surface area contributed by atoms with Crippen LogP contribution < -0.4 is 5.73 Å². The van der Waals surface area contributed by atoms with Crippen molar-refractivity contribution < 1.29 is 0 Å². The van der Waals surface area contributed by atoms with Gasteiger partial charge in [0.25, 0.3) is 0 Å². The molecule has 1 saturated heterocycles. The molecule has 0 amide bonds. The first-order valence-corrected chi connectivity index (χ1v) is 7.05. The van der Waals surface area contributed by atoms with Crippen molar-refractivity contribution in [2.75, 3.05) is 39.3 Å². The summed E-state index contributed by atoms with van der Waals surface area (Å²) in [6.07, 6.45) is 5.16. The Kier molecular flexibility index (Phi) is 7.01. The molecular formula is C13H28N4. The van der Waals surface area contributed by atoms with Gasteiger partial charge in [0.15, 0.2) is 5.96 Å². The monoisotopic (exact) mass is 240 g/mol.